The Labute approximate surface area is 239 Å². The van der Waals surface area contributed by atoms with Crippen molar-refractivity contribution in [1.29, 1.82) is 0 Å². The molecule has 0 radical (unpaired) electrons. The molecule has 11 nitrogen and oxygen atoms in total. The van der Waals surface area contributed by atoms with Gasteiger partial charge in [-0.3, -0.25) is 43.1 Å². The monoisotopic (exact) mass is 602 g/mol. The van der Waals surface area contributed by atoms with Crippen molar-refractivity contribution < 1.29 is 28.5 Å². The fourth-order valence-corrected chi connectivity index (χ4v) is 5.89. The number of amides is 2. The van der Waals surface area contributed by atoms with E-state index in [1.807, 2.05) is 13.8 Å². The van der Waals surface area contributed by atoms with Gasteiger partial charge in [-0.05, 0) is 70.4 Å². The lowest BCUT2D eigenvalue weighted by Crippen LogP contribution is -2.56. The topological polar surface area (TPSA) is 134 Å². The van der Waals surface area contributed by atoms with Crippen LogP contribution in [-0.4, -0.2) is 58.7 Å². The average molecular weight is 603 g/mol. The smallest absolute Gasteiger partial charge is 0.387 e. The molecule has 1 aliphatic rings. The Morgan fingerprint density at radius 2 is 1.33 bits per heavy atom. The normalized spacial score (nSPS) is 15.3. The van der Waals surface area contributed by atoms with Crippen LogP contribution in [0.1, 0.15) is 73.8 Å². The molecule has 14 heteroatoms. The van der Waals surface area contributed by atoms with Crippen molar-refractivity contribution in [3.63, 3.8) is 0 Å². The van der Waals surface area contributed by atoms with E-state index in [4.69, 9.17) is 29.0 Å². The molecule has 2 N–H and O–H groups in total. The van der Waals surface area contributed by atoms with Crippen LogP contribution in [0.5, 0.6) is 5.88 Å². The first kappa shape index (κ1) is 33.0. The van der Waals surface area contributed by atoms with E-state index in [9.17, 15) is 28.7 Å². The molecule has 0 atom stereocenters. The number of carbonyl (C=O) groups excluding carboxylic acids is 2. The summed E-state index contributed by atoms with van der Waals surface area (Å²) in [6.07, 6.45) is 2.43. The van der Waals surface area contributed by atoms with Crippen LogP contribution in [0.3, 0.4) is 0 Å². The molecule has 218 valence electrons. The van der Waals surface area contributed by atoms with Gasteiger partial charge >= 0.3 is 7.82 Å². The van der Waals surface area contributed by atoms with Gasteiger partial charge < -0.3 is 4.52 Å². The number of phosphoric acid groups is 1. The Bertz CT molecular complexity index is 1330. The van der Waals surface area contributed by atoms with E-state index >= 15 is 0 Å². The molecule has 1 aromatic heterocycles. The third-order valence-corrected chi connectivity index (χ3v) is 8.16. The van der Waals surface area contributed by atoms with E-state index in [1.54, 1.807) is 47.6 Å². The van der Waals surface area contributed by atoms with Crippen LogP contribution in [0, 0.1) is 10.2 Å². The molecule has 0 unspecified atom stereocenters. The lowest BCUT2D eigenvalue weighted by molar-refractivity contribution is -0.133. The van der Waals surface area contributed by atoms with Crippen molar-refractivity contribution in [1.82, 2.24) is 18.9 Å². The fourth-order valence-electron chi connectivity index (χ4n) is 4.63. The maximum atomic E-state index is 13.6. The van der Waals surface area contributed by atoms with Gasteiger partial charge in [0.1, 0.15) is 5.57 Å². The van der Waals surface area contributed by atoms with Gasteiger partial charge in [-0.25, -0.2) is 4.57 Å². The minimum Gasteiger partial charge on any atom is -0.387 e. The summed E-state index contributed by atoms with van der Waals surface area (Å²) >= 11 is 10.8. The minimum absolute atomic E-state index is 0.0354. The number of phosphoric ester groups is 1. The van der Waals surface area contributed by atoms with Gasteiger partial charge in [-0.15, -0.1) is 0 Å². The molecule has 1 aromatic rings. The number of hydrogen-bond donors (Lipinski definition) is 2. The Morgan fingerprint density at radius 1 is 0.846 bits per heavy atom. The average Bonchev–Trinajstić information content (AvgIpc) is 2.81. The number of likely N-dealkylation sites (N-methyl/N-ethyl adjacent to an activating group) is 2. The summed E-state index contributed by atoms with van der Waals surface area (Å²) in [6, 6.07) is 0. The first-order chi connectivity index (χ1) is 17.9. The van der Waals surface area contributed by atoms with Gasteiger partial charge in [-0.1, -0.05) is 33.8 Å². The fraction of sp³-hybridized carbons (Fsp3) is 0.640. The van der Waals surface area contributed by atoms with Crippen molar-refractivity contribution in [2.24, 2.45) is 5.41 Å². The van der Waals surface area contributed by atoms with E-state index in [0.717, 1.165) is 0 Å². The summed E-state index contributed by atoms with van der Waals surface area (Å²) in [4.78, 5) is 61.8. The van der Waals surface area contributed by atoms with E-state index in [1.165, 1.54) is 18.9 Å². The summed E-state index contributed by atoms with van der Waals surface area (Å²) in [5, 5.41) is 0.185. The number of allylic oxidation sites excluding steroid dienone is 1. The first-order valence-corrected chi connectivity index (χ1v) is 15.3. The van der Waals surface area contributed by atoms with Gasteiger partial charge in [0.05, 0.1) is 5.56 Å². The Kier molecular flexibility index (Phi) is 10.3. The van der Waals surface area contributed by atoms with Gasteiger partial charge in [0.15, 0.2) is 9.88 Å². The second-order valence-electron chi connectivity index (χ2n) is 10.7. The van der Waals surface area contributed by atoms with Crippen LogP contribution < -0.4 is 10.1 Å². The molecule has 1 aliphatic heterocycles. The summed E-state index contributed by atoms with van der Waals surface area (Å²) in [5.74, 6) is -1.15. The molecule has 1 saturated heterocycles. The molecule has 1 fully saturated rings. The molecule has 0 spiro atoms. The molecule has 0 aliphatic carbocycles. The van der Waals surface area contributed by atoms with Crippen molar-refractivity contribution >= 4 is 49.2 Å². The van der Waals surface area contributed by atoms with Crippen LogP contribution >= 0.6 is 32.3 Å². The quantitative estimate of drug-likeness (QED) is 0.167. The van der Waals surface area contributed by atoms with E-state index in [0.29, 0.717) is 25.9 Å². The van der Waals surface area contributed by atoms with E-state index < -0.39 is 36.0 Å². The van der Waals surface area contributed by atoms with Crippen LogP contribution in [0.15, 0.2) is 16.4 Å². The molecular formula is C25H39N4O7PS2. The van der Waals surface area contributed by atoms with Crippen LogP contribution in [-0.2, 0) is 32.7 Å². The minimum atomic E-state index is -5.02. The first-order valence-electron chi connectivity index (χ1n) is 12.9. The summed E-state index contributed by atoms with van der Waals surface area (Å²) < 4.78 is 19.8. The Morgan fingerprint density at radius 3 is 1.74 bits per heavy atom. The Balaban J connectivity index is 2.58. The highest BCUT2D eigenvalue weighted by atomic mass is 32.1. The predicted molar refractivity (Wildman–Crippen MR) is 155 cm³/mol. The lowest BCUT2D eigenvalue weighted by Gasteiger charge is -2.37. The predicted octanol–water partition coefficient (Wildman–Crippen LogP) is 3.90. The molecular weight excluding hydrogens is 563 g/mol. The van der Waals surface area contributed by atoms with Crippen LogP contribution in [0.25, 0.3) is 0 Å². The third kappa shape index (κ3) is 6.94. The number of rotatable bonds is 11. The van der Waals surface area contributed by atoms with E-state index in [2.05, 4.69) is 0 Å². The second-order valence-corrected chi connectivity index (χ2v) is 12.5. The van der Waals surface area contributed by atoms with Crippen molar-refractivity contribution in [3.8, 4) is 5.88 Å². The van der Waals surface area contributed by atoms with Crippen molar-refractivity contribution in [3.05, 3.63) is 32.3 Å². The van der Waals surface area contributed by atoms with Gasteiger partial charge in [-0.2, -0.15) is 0 Å². The zero-order valence-electron chi connectivity index (χ0n) is 23.8. The van der Waals surface area contributed by atoms with Gasteiger partial charge in [0.2, 0.25) is 5.88 Å². The zero-order valence-corrected chi connectivity index (χ0v) is 26.3. The number of aromatic nitrogens is 2. The standard InChI is InChI=1S/C25H39N4O7PS2/c1-9-26-18(30)16(19(31)27(10-2)22(26)38)15-24(5,6)13-14-25(7,8)17-20(32)28(11-3)23(39)29(12-4)21(17)36-37(33,34)35/h15H,9-14H2,1-8H3,(H2,33,34,35). The van der Waals surface area contributed by atoms with Gasteiger partial charge in [0.25, 0.3) is 17.4 Å². The Hall–Kier alpha value is -2.18. The SMILES string of the molecule is CCN1C(=O)C(=CC(C)(C)CCC(C)(C)c2c(OP(=O)(O)O)n(CC)c(=S)n(CC)c2=O)C(=O)N(CC)C1=S. The summed E-state index contributed by atoms with van der Waals surface area (Å²) in [5.41, 5.74) is -1.95. The number of nitrogens with zero attached hydrogens (tertiary/aromatic N) is 4. The summed E-state index contributed by atoms with van der Waals surface area (Å²) in [6.45, 7) is 15.6. The molecule has 39 heavy (non-hydrogen) atoms. The van der Waals surface area contributed by atoms with Gasteiger partial charge in [0, 0.05) is 31.6 Å². The molecule has 0 aromatic carbocycles. The number of hydrogen-bond acceptors (Lipinski definition) is 7. The largest absolute Gasteiger partial charge is 0.525 e. The maximum absolute atomic E-state index is 13.6. The molecule has 2 amide bonds. The second kappa shape index (κ2) is 12.1. The molecule has 0 bridgehead atoms. The highest BCUT2D eigenvalue weighted by molar-refractivity contribution is 7.80. The molecule has 2 heterocycles. The van der Waals surface area contributed by atoms with Crippen LogP contribution in [0.4, 0.5) is 0 Å². The van der Waals surface area contributed by atoms with Crippen molar-refractivity contribution in [2.75, 3.05) is 13.1 Å². The third-order valence-electron chi connectivity index (χ3n) is 6.87. The number of carbonyl (C=O) groups is 2. The summed E-state index contributed by atoms with van der Waals surface area (Å²) in [7, 11) is -5.02. The highest BCUT2D eigenvalue weighted by Gasteiger charge is 2.40. The molecule has 0 saturated carbocycles. The van der Waals surface area contributed by atoms with Crippen LogP contribution in [0.2, 0.25) is 0 Å². The number of thiocarbonyl (C=S) groups is 1. The maximum Gasteiger partial charge on any atom is 0.525 e. The lowest BCUT2D eigenvalue weighted by atomic mass is 9.75. The zero-order chi connectivity index (χ0) is 30.1. The van der Waals surface area contributed by atoms with E-state index in [-0.39, 0.29) is 40.0 Å². The molecule has 2 rings (SSSR count). The highest BCUT2D eigenvalue weighted by Crippen LogP contribution is 2.43. The van der Waals surface area contributed by atoms with Crippen molar-refractivity contribution in [2.45, 2.75) is 86.7 Å².